The van der Waals surface area contributed by atoms with Gasteiger partial charge in [-0.1, -0.05) is 0 Å². The van der Waals surface area contributed by atoms with Crippen LogP contribution >= 0.6 is 0 Å². The Morgan fingerprint density at radius 1 is 1.30 bits per heavy atom. The van der Waals surface area contributed by atoms with Crippen LogP contribution in [0, 0.1) is 26.2 Å². The molecule has 0 fully saturated rings. The number of nitrogens with one attached hydrogen (secondary N) is 1. The predicted octanol–water partition coefficient (Wildman–Crippen LogP) is 3.50. The first-order valence-electron chi connectivity index (χ1n) is 9.20. The number of aromatic nitrogens is 3. The van der Waals surface area contributed by atoms with Crippen LogP contribution in [0.15, 0.2) is 16.3 Å². The third-order valence-corrected chi connectivity index (χ3v) is 4.68. The molecule has 0 saturated carbocycles. The fraction of sp³-hybridized carbons (Fsp3) is 0.550. The second-order valence-electron chi connectivity index (χ2n) is 8.07. The van der Waals surface area contributed by atoms with Gasteiger partial charge in [0.1, 0.15) is 0 Å². The van der Waals surface area contributed by atoms with Crippen LogP contribution in [0.3, 0.4) is 0 Å². The molecule has 2 aromatic rings. The average Bonchev–Trinajstić information content (AvgIpc) is 3.27. The number of pyridine rings is 1. The summed E-state index contributed by atoms with van der Waals surface area (Å²) in [7, 11) is 0. The average molecular weight is 366 g/mol. The van der Waals surface area contributed by atoms with Gasteiger partial charge in [-0.05, 0) is 40.7 Å². The molecule has 0 saturated heterocycles. The Labute approximate surface area is 159 Å². The first kappa shape index (κ1) is 19.0. The van der Waals surface area contributed by atoms with E-state index in [0.717, 1.165) is 28.8 Å². The fourth-order valence-corrected chi connectivity index (χ4v) is 3.20. The fourth-order valence-electron chi connectivity index (χ4n) is 3.20. The van der Waals surface area contributed by atoms with Crippen molar-refractivity contribution < 1.29 is 4.79 Å². The molecule has 7 nitrogen and oxygen atoms in total. The van der Waals surface area contributed by atoms with Crippen molar-refractivity contribution in [2.24, 2.45) is 10.2 Å². The number of hydrogen-bond donors (Lipinski definition) is 1. The smallest absolute Gasteiger partial charge is 0.252 e. The summed E-state index contributed by atoms with van der Waals surface area (Å²) < 4.78 is 1.89. The summed E-state index contributed by atoms with van der Waals surface area (Å²) in [6.07, 6.45) is 7.34. The van der Waals surface area contributed by atoms with Gasteiger partial charge in [-0.3, -0.25) is 4.79 Å². The molecule has 0 radical (unpaired) electrons. The van der Waals surface area contributed by atoms with Crippen LogP contribution in [-0.2, 0) is 5.54 Å². The number of terminal acetylenes is 1. The lowest BCUT2D eigenvalue weighted by atomic mass is 10.0. The van der Waals surface area contributed by atoms with Crippen molar-refractivity contribution in [1.29, 1.82) is 0 Å². The molecule has 7 heteroatoms. The molecule has 27 heavy (non-hydrogen) atoms. The van der Waals surface area contributed by atoms with Gasteiger partial charge in [0.05, 0.1) is 22.2 Å². The molecule has 1 aliphatic heterocycles. The van der Waals surface area contributed by atoms with Crippen LogP contribution in [0.4, 0.5) is 0 Å². The summed E-state index contributed by atoms with van der Waals surface area (Å²) in [6.45, 7) is 10.5. The van der Waals surface area contributed by atoms with Crippen molar-refractivity contribution in [3.05, 3.63) is 23.0 Å². The summed E-state index contributed by atoms with van der Waals surface area (Å²) >= 11 is 0. The molecule has 0 atom stereocenters. The maximum Gasteiger partial charge on any atom is 0.252 e. The van der Waals surface area contributed by atoms with Gasteiger partial charge >= 0.3 is 0 Å². The third-order valence-electron chi connectivity index (χ3n) is 4.68. The van der Waals surface area contributed by atoms with Gasteiger partial charge < -0.3 is 5.32 Å². The van der Waals surface area contributed by atoms with Crippen LogP contribution in [0.25, 0.3) is 11.0 Å². The quantitative estimate of drug-likeness (QED) is 0.794. The van der Waals surface area contributed by atoms with E-state index in [0.29, 0.717) is 24.9 Å². The van der Waals surface area contributed by atoms with Crippen LogP contribution < -0.4 is 5.32 Å². The van der Waals surface area contributed by atoms with Crippen molar-refractivity contribution in [2.75, 3.05) is 6.54 Å². The standard InChI is InChI=1S/C20H26N6O/c1-7-8-9-20(24-25-20)10-11-21-18(27)15-12-13(2)22-17-16(15)14(3)23-26(17)19(4,5)6/h1,12H,8-11H2,2-6H3,(H,21,27). The largest absolute Gasteiger partial charge is 0.352 e. The minimum absolute atomic E-state index is 0.130. The number of nitrogens with zero attached hydrogens (tertiary/aromatic N) is 5. The van der Waals surface area contributed by atoms with E-state index in [-0.39, 0.29) is 11.4 Å². The number of aryl methyl sites for hydroxylation is 2. The molecule has 0 bridgehead atoms. The summed E-state index contributed by atoms with van der Waals surface area (Å²) in [5, 5.41) is 16.6. The Bertz CT molecular complexity index is 951. The van der Waals surface area contributed by atoms with Gasteiger partial charge in [-0.25, -0.2) is 9.67 Å². The van der Waals surface area contributed by atoms with Gasteiger partial charge in [0.2, 0.25) is 0 Å². The van der Waals surface area contributed by atoms with Gasteiger partial charge in [-0.2, -0.15) is 15.3 Å². The highest BCUT2D eigenvalue weighted by molar-refractivity contribution is 6.06. The molecule has 1 amide bonds. The lowest BCUT2D eigenvalue weighted by Crippen LogP contribution is -2.28. The second-order valence-corrected chi connectivity index (χ2v) is 8.07. The maximum atomic E-state index is 12.9. The summed E-state index contributed by atoms with van der Waals surface area (Å²) in [5.74, 6) is 2.48. The van der Waals surface area contributed by atoms with Gasteiger partial charge in [-0.15, -0.1) is 12.3 Å². The molecule has 0 spiro atoms. The van der Waals surface area contributed by atoms with Crippen molar-refractivity contribution in [1.82, 2.24) is 20.1 Å². The highest BCUT2D eigenvalue weighted by Crippen LogP contribution is 2.36. The van der Waals surface area contributed by atoms with E-state index in [1.54, 1.807) is 0 Å². The predicted molar refractivity (Wildman–Crippen MR) is 105 cm³/mol. The molecule has 3 rings (SSSR count). The van der Waals surface area contributed by atoms with E-state index in [1.165, 1.54) is 0 Å². The van der Waals surface area contributed by atoms with E-state index in [2.05, 4.69) is 52.3 Å². The molecule has 3 heterocycles. The zero-order valence-electron chi connectivity index (χ0n) is 16.6. The van der Waals surface area contributed by atoms with Crippen molar-refractivity contribution >= 4 is 16.9 Å². The van der Waals surface area contributed by atoms with Crippen LogP contribution in [0.5, 0.6) is 0 Å². The molecule has 142 valence electrons. The van der Waals surface area contributed by atoms with Crippen LogP contribution in [0.2, 0.25) is 0 Å². The second kappa shape index (κ2) is 6.76. The Morgan fingerprint density at radius 3 is 2.59 bits per heavy atom. The molecule has 0 aromatic carbocycles. The highest BCUT2D eigenvalue weighted by Gasteiger charge is 2.38. The van der Waals surface area contributed by atoms with Crippen LogP contribution in [0.1, 0.15) is 61.8 Å². The van der Waals surface area contributed by atoms with E-state index in [4.69, 9.17) is 6.42 Å². The summed E-state index contributed by atoms with van der Waals surface area (Å²) in [5.41, 5.74) is 2.32. The maximum absolute atomic E-state index is 12.9. The number of amides is 1. The SMILES string of the molecule is C#CCCC1(CCNC(=O)c2cc(C)nc3c2c(C)nn3C(C)(C)C)N=N1. The number of hydrogen-bond acceptors (Lipinski definition) is 5. The first-order chi connectivity index (χ1) is 12.7. The molecule has 0 aliphatic carbocycles. The van der Waals surface area contributed by atoms with Gasteiger partial charge in [0.25, 0.3) is 5.91 Å². The minimum Gasteiger partial charge on any atom is -0.352 e. The Hall–Kier alpha value is -2.75. The molecule has 1 aliphatic rings. The molecule has 0 unspecified atom stereocenters. The topological polar surface area (TPSA) is 84.5 Å². The lowest BCUT2D eigenvalue weighted by molar-refractivity contribution is 0.0953. The minimum atomic E-state index is -0.393. The highest BCUT2D eigenvalue weighted by atomic mass is 16.1. The van der Waals surface area contributed by atoms with Crippen molar-refractivity contribution in [3.63, 3.8) is 0 Å². The monoisotopic (exact) mass is 366 g/mol. The normalized spacial score (nSPS) is 15.0. The van der Waals surface area contributed by atoms with Crippen molar-refractivity contribution in [3.8, 4) is 12.3 Å². The van der Waals surface area contributed by atoms with Gasteiger partial charge in [0, 0.05) is 31.5 Å². The molecular formula is C20H26N6O. The third kappa shape index (κ3) is 3.85. The Morgan fingerprint density at radius 2 is 2.00 bits per heavy atom. The Kier molecular flexibility index (Phi) is 4.77. The van der Waals surface area contributed by atoms with Crippen LogP contribution in [-0.4, -0.2) is 32.9 Å². The lowest BCUT2D eigenvalue weighted by Gasteiger charge is -2.20. The molecular weight excluding hydrogens is 340 g/mol. The molecule has 2 aromatic heterocycles. The summed E-state index contributed by atoms with van der Waals surface area (Å²) in [4.78, 5) is 17.5. The van der Waals surface area contributed by atoms with E-state index in [1.807, 2.05) is 24.6 Å². The zero-order valence-corrected chi connectivity index (χ0v) is 16.6. The first-order valence-corrected chi connectivity index (χ1v) is 9.20. The number of fused-ring (bicyclic) bond motifs is 1. The van der Waals surface area contributed by atoms with E-state index in [9.17, 15) is 4.79 Å². The van der Waals surface area contributed by atoms with Gasteiger partial charge in [0.15, 0.2) is 11.3 Å². The number of carbonyl (C=O) groups excluding carboxylic acids is 1. The summed E-state index contributed by atoms with van der Waals surface area (Å²) in [6, 6.07) is 1.82. The Balaban J connectivity index is 1.81. The van der Waals surface area contributed by atoms with E-state index < -0.39 is 5.66 Å². The van der Waals surface area contributed by atoms with Crippen molar-refractivity contribution in [2.45, 2.75) is 65.1 Å². The van der Waals surface area contributed by atoms with E-state index >= 15 is 0 Å². The zero-order chi connectivity index (χ0) is 19.8. The number of carbonyl (C=O) groups is 1. The molecule has 1 N–H and O–H groups in total. The number of rotatable bonds is 6.